The average Bonchev–Trinajstić information content (AvgIpc) is 3.60. The van der Waals surface area contributed by atoms with Crippen LogP contribution in [0.3, 0.4) is 0 Å². The summed E-state index contributed by atoms with van der Waals surface area (Å²) in [7, 11) is 0. The molecule has 1 heteroatoms. The van der Waals surface area contributed by atoms with E-state index in [1.807, 2.05) is 0 Å². The Morgan fingerprint density at radius 2 is 1.21 bits per heavy atom. The van der Waals surface area contributed by atoms with Gasteiger partial charge in [0, 0.05) is 22.3 Å². The first-order valence-electron chi connectivity index (χ1n) is 16.8. The van der Waals surface area contributed by atoms with E-state index < -0.39 is 0 Å². The van der Waals surface area contributed by atoms with Crippen LogP contribution < -0.4 is 0 Å². The summed E-state index contributed by atoms with van der Waals surface area (Å²) in [6, 6.07) is 53.5. The van der Waals surface area contributed by atoms with Crippen molar-refractivity contribution in [1.82, 2.24) is 0 Å². The Kier molecular flexibility index (Phi) is 6.43. The zero-order valence-electron chi connectivity index (χ0n) is 26.8. The van der Waals surface area contributed by atoms with E-state index in [1.54, 1.807) is 0 Å². The number of fused-ring (bicyclic) bond motifs is 6. The van der Waals surface area contributed by atoms with Gasteiger partial charge in [-0.1, -0.05) is 153 Å². The molecular weight excluding hydrogens is 569 g/mol. The van der Waals surface area contributed by atoms with Gasteiger partial charge in [-0.15, -0.1) is 0 Å². The molecule has 1 aromatic heterocycles. The molecule has 0 amide bonds. The van der Waals surface area contributed by atoms with E-state index in [4.69, 9.17) is 4.42 Å². The molecule has 7 aromatic rings. The summed E-state index contributed by atoms with van der Waals surface area (Å²) >= 11 is 0. The maximum atomic E-state index is 6.42. The minimum Gasteiger partial charge on any atom is -0.456 e. The van der Waals surface area contributed by atoms with Gasteiger partial charge in [-0.25, -0.2) is 0 Å². The largest absolute Gasteiger partial charge is 0.456 e. The number of aryl methyl sites for hydroxylation is 1. The number of hydrogen-bond acceptors (Lipinski definition) is 1. The van der Waals surface area contributed by atoms with Crippen LogP contribution in [-0.4, -0.2) is 0 Å². The zero-order valence-corrected chi connectivity index (χ0v) is 26.8. The van der Waals surface area contributed by atoms with Crippen molar-refractivity contribution in [1.29, 1.82) is 0 Å². The fraction of sp³-hybridized carbons (Fsp3) is 0.130. The van der Waals surface area contributed by atoms with Gasteiger partial charge in [0.05, 0.1) is 0 Å². The van der Waals surface area contributed by atoms with Gasteiger partial charge < -0.3 is 4.42 Å². The molecule has 0 aliphatic heterocycles. The number of para-hydroxylation sites is 1. The van der Waals surface area contributed by atoms with Gasteiger partial charge in [-0.3, -0.25) is 0 Å². The highest BCUT2D eigenvalue weighted by Gasteiger charge is 2.35. The van der Waals surface area contributed by atoms with Crippen molar-refractivity contribution in [3.8, 4) is 33.4 Å². The van der Waals surface area contributed by atoms with Crippen molar-refractivity contribution in [3.63, 3.8) is 0 Å². The van der Waals surface area contributed by atoms with Gasteiger partial charge >= 0.3 is 0 Å². The summed E-state index contributed by atoms with van der Waals surface area (Å²) in [6.07, 6.45) is 4.31. The van der Waals surface area contributed by atoms with Crippen molar-refractivity contribution in [2.75, 3.05) is 0 Å². The number of allylic oxidation sites excluding steroid dienone is 1. The summed E-state index contributed by atoms with van der Waals surface area (Å²) in [6.45, 7) is 4.69. The van der Waals surface area contributed by atoms with Crippen LogP contribution in [0.5, 0.6) is 0 Å². The summed E-state index contributed by atoms with van der Waals surface area (Å²) < 4.78 is 6.42. The van der Waals surface area contributed by atoms with Gasteiger partial charge in [0.1, 0.15) is 11.3 Å². The quantitative estimate of drug-likeness (QED) is 0.190. The summed E-state index contributed by atoms with van der Waals surface area (Å²) in [5.41, 5.74) is 16.8. The first kappa shape index (κ1) is 27.9. The molecule has 1 unspecified atom stereocenters. The molecule has 1 atom stereocenters. The molecule has 1 heterocycles. The Hall–Kier alpha value is -5.40. The Balaban J connectivity index is 1.16. The lowest BCUT2D eigenvalue weighted by Crippen LogP contribution is -2.14. The fourth-order valence-electron chi connectivity index (χ4n) is 8.15. The minimum absolute atomic E-state index is 0.00623. The average molecular weight is 605 g/mol. The Bertz CT molecular complexity index is 2310. The van der Waals surface area contributed by atoms with Gasteiger partial charge in [0.15, 0.2) is 0 Å². The molecule has 0 spiro atoms. The molecule has 9 rings (SSSR count). The Morgan fingerprint density at radius 3 is 2.09 bits per heavy atom. The first-order valence-corrected chi connectivity index (χ1v) is 16.8. The molecule has 2 aliphatic carbocycles. The van der Waals surface area contributed by atoms with Crippen LogP contribution in [0.1, 0.15) is 59.8 Å². The molecule has 2 aliphatic rings. The smallest absolute Gasteiger partial charge is 0.135 e. The van der Waals surface area contributed by atoms with E-state index in [1.165, 1.54) is 72.2 Å². The zero-order chi connectivity index (χ0) is 31.5. The molecule has 6 aromatic carbocycles. The highest BCUT2D eigenvalue weighted by molar-refractivity contribution is 5.86. The van der Waals surface area contributed by atoms with Crippen molar-refractivity contribution in [2.24, 2.45) is 0 Å². The standard InChI is InChI=1S/C46H36O/c1-46(2)41-17-8-6-15-37(41)40-28-34(24-26-42(40)46)33-13-10-14-35(27-33)45(32-21-19-31(20-22-32)30-11-4-3-5-12-30)36-23-25-39-38-16-7-9-18-43(38)47-44(39)29-36/h3-22,24,26-29,45H,23,25H2,1-2H3. The second kappa shape index (κ2) is 10.9. The SMILES string of the molecule is CC1(C)c2ccccc2-c2cc(-c3cccc(C(C4=Cc5oc6ccccc6c5CC4)c4ccc(-c5ccccc5)cc4)c3)ccc21. The third kappa shape index (κ3) is 4.61. The van der Waals surface area contributed by atoms with Gasteiger partial charge in [0.2, 0.25) is 0 Å². The molecule has 0 fully saturated rings. The van der Waals surface area contributed by atoms with Gasteiger partial charge in [-0.2, -0.15) is 0 Å². The number of benzene rings is 6. The summed E-state index contributed by atoms with van der Waals surface area (Å²) in [5.74, 6) is 1.13. The highest BCUT2D eigenvalue weighted by Crippen LogP contribution is 2.50. The predicted octanol–water partition coefficient (Wildman–Crippen LogP) is 12.2. The maximum absolute atomic E-state index is 6.42. The van der Waals surface area contributed by atoms with E-state index in [0.717, 1.165) is 24.2 Å². The molecule has 226 valence electrons. The second-order valence-electron chi connectivity index (χ2n) is 13.6. The Morgan fingerprint density at radius 1 is 0.532 bits per heavy atom. The molecule has 0 N–H and O–H groups in total. The van der Waals surface area contributed by atoms with Crippen LogP contribution in [0.25, 0.3) is 50.4 Å². The topological polar surface area (TPSA) is 13.1 Å². The number of hydrogen-bond donors (Lipinski definition) is 0. The third-order valence-corrected chi connectivity index (χ3v) is 10.6. The van der Waals surface area contributed by atoms with Crippen LogP contribution in [0.4, 0.5) is 0 Å². The van der Waals surface area contributed by atoms with Gasteiger partial charge in [0.25, 0.3) is 0 Å². The minimum atomic E-state index is 0.00623. The van der Waals surface area contributed by atoms with Crippen molar-refractivity contribution >= 4 is 17.0 Å². The molecule has 0 radical (unpaired) electrons. The molecule has 47 heavy (non-hydrogen) atoms. The molecule has 0 saturated heterocycles. The molecule has 0 bridgehead atoms. The molecule has 1 nitrogen and oxygen atoms in total. The third-order valence-electron chi connectivity index (χ3n) is 10.6. The van der Waals surface area contributed by atoms with Crippen LogP contribution in [0.15, 0.2) is 156 Å². The highest BCUT2D eigenvalue weighted by atomic mass is 16.3. The summed E-state index contributed by atoms with van der Waals surface area (Å²) in [4.78, 5) is 0. The molecular formula is C46H36O. The normalized spacial score (nSPS) is 15.1. The van der Waals surface area contributed by atoms with E-state index in [2.05, 4.69) is 166 Å². The fourth-order valence-corrected chi connectivity index (χ4v) is 8.15. The second-order valence-corrected chi connectivity index (χ2v) is 13.6. The van der Waals surface area contributed by atoms with Crippen LogP contribution >= 0.6 is 0 Å². The van der Waals surface area contributed by atoms with Crippen molar-refractivity contribution < 1.29 is 4.42 Å². The molecule has 0 saturated carbocycles. The lowest BCUT2D eigenvalue weighted by molar-refractivity contribution is 0.591. The van der Waals surface area contributed by atoms with Crippen molar-refractivity contribution in [3.05, 3.63) is 185 Å². The predicted molar refractivity (Wildman–Crippen MR) is 196 cm³/mol. The van der Waals surface area contributed by atoms with Crippen LogP contribution in [-0.2, 0) is 11.8 Å². The Labute approximate surface area is 276 Å². The first-order chi connectivity index (χ1) is 23.0. The van der Waals surface area contributed by atoms with Crippen molar-refractivity contribution in [2.45, 2.75) is 38.0 Å². The maximum Gasteiger partial charge on any atom is 0.135 e. The monoisotopic (exact) mass is 604 g/mol. The van der Waals surface area contributed by atoms with Gasteiger partial charge in [-0.05, 0) is 86.7 Å². The van der Waals surface area contributed by atoms with E-state index >= 15 is 0 Å². The van der Waals surface area contributed by atoms with E-state index in [0.29, 0.717) is 0 Å². The van der Waals surface area contributed by atoms with Crippen LogP contribution in [0, 0.1) is 0 Å². The van der Waals surface area contributed by atoms with E-state index in [-0.39, 0.29) is 11.3 Å². The van der Waals surface area contributed by atoms with E-state index in [9.17, 15) is 0 Å². The lowest BCUT2D eigenvalue weighted by atomic mass is 9.78. The number of furan rings is 1. The summed E-state index contributed by atoms with van der Waals surface area (Å²) in [5, 5.41) is 1.24. The van der Waals surface area contributed by atoms with Crippen LogP contribution in [0.2, 0.25) is 0 Å². The lowest BCUT2D eigenvalue weighted by Gasteiger charge is -2.25. The number of rotatable bonds is 5.